The average Bonchev–Trinajstić information content (AvgIpc) is 2.96. The van der Waals surface area contributed by atoms with Crippen LogP contribution in [0.3, 0.4) is 0 Å². The monoisotopic (exact) mass is 289 g/mol. The molecule has 8 nitrogen and oxygen atoms in total. The summed E-state index contributed by atoms with van der Waals surface area (Å²) in [4.78, 5) is 15.0. The molecule has 2 fully saturated rings. The minimum absolute atomic E-state index is 0.0223. The third-order valence-electron chi connectivity index (χ3n) is 4.09. The van der Waals surface area contributed by atoms with Gasteiger partial charge in [0, 0.05) is 0 Å². The van der Waals surface area contributed by atoms with Crippen molar-refractivity contribution in [2.24, 2.45) is 5.92 Å². The van der Waals surface area contributed by atoms with Gasteiger partial charge in [-0.05, 0) is 36.1 Å². The molecule has 0 spiro atoms. The average molecular weight is 289 g/mol. The zero-order valence-corrected chi connectivity index (χ0v) is 11.3. The number of hydrogen-bond donors (Lipinski definition) is 1. The number of carbonyl (C=O) groups is 1. The molecule has 3 heterocycles. The van der Waals surface area contributed by atoms with E-state index < -0.39 is 5.60 Å². The summed E-state index contributed by atoms with van der Waals surface area (Å²) in [6.07, 6.45) is 3.66. The van der Waals surface area contributed by atoms with Crippen LogP contribution < -0.4 is 0 Å². The quantitative estimate of drug-likeness (QED) is 0.845. The number of aromatic nitrogens is 4. The SMILES string of the molecule is O=C(Cn1nnc(-c2ccco2)n1)N1CC(O)(C2CC2)C1. The molecule has 1 aliphatic heterocycles. The summed E-state index contributed by atoms with van der Waals surface area (Å²) in [7, 11) is 0. The van der Waals surface area contributed by atoms with Gasteiger partial charge in [-0.3, -0.25) is 4.79 Å². The Labute approximate surface area is 120 Å². The Hall–Kier alpha value is -2.22. The van der Waals surface area contributed by atoms with Crippen LogP contribution in [-0.4, -0.2) is 54.8 Å². The van der Waals surface area contributed by atoms with Gasteiger partial charge in [0.15, 0.2) is 5.76 Å². The van der Waals surface area contributed by atoms with E-state index in [0.717, 1.165) is 12.8 Å². The molecule has 0 unspecified atom stereocenters. The highest BCUT2D eigenvalue weighted by molar-refractivity contribution is 5.77. The summed E-state index contributed by atoms with van der Waals surface area (Å²) >= 11 is 0. The van der Waals surface area contributed by atoms with Crippen molar-refractivity contribution in [3.63, 3.8) is 0 Å². The number of likely N-dealkylation sites (tertiary alicyclic amines) is 1. The third-order valence-corrected chi connectivity index (χ3v) is 4.09. The molecule has 2 aromatic heterocycles. The number of β-amino-alcohol motifs (C(OH)–C–C–N with tert-alkyl or cyclic N) is 1. The van der Waals surface area contributed by atoms with Gasteiger partial charge >= 0.3 is 0 Å². The molecule has 0 aromatic carbocycles. The van der Waals surface area contributed by atoms with Crippen LogP contribution in [0.15, 0.2) is 22.8 Å². The normalized spacial score (nSPS) is 20.3. The lowest BCUT2D eigenvalue weighted by Crippen LogP contribution is -2.65. The smallest absolute Gasteiger partial charge is 0.246 e. The summed E-state index contributed by atoms with van der Waals surface area (Å²) in [6.45, 7) is 0.848. The molecule has 110 valence electrons. The largest absolute Gasteiger partial charge is 0.461 e. The molecule has 1 aliphatic carbocycles. The highest BCUT2D eigenvalue weighted by Gasteiger charge is 2.53. The molecule has 2 aliphatic rings. The molecule has 1 amide bonds. The highest BCUT2D eigenvalue weighted by atomic mass is 16.3. The van der Waals surface area contributed by atoms with Crippen molar-refractivity contribution < 1.29 is 14.3 Å². The fourth-order valence-electron chi connectivity index (χ4n) is 2.71. The van der Waals surface area contributed by atoms with Crippen LogP contribution in [0.25, 0.3) is 11.6 Å². The minimum atomic E-state index is -0.662. The number of aliphatic hydroxyl groups is 1. The maximum absolute atomic E-state index is 12.1. The molecule has 0 radical (unpaired) electrons. The second kappa shape index (κ2) is 4.39. The first-order valence-electron chi connectivity index (χ1n) is 6.96. The van der Waals surface area contributed by atoms with Crippen LogP contribution in [0, 0.1) is 5.92 Å². The van der Waals surface area contributed by atoms with E-state index in [1.54, 1.807) is 17.0 Å². The van der Waals surface area contributed by atoms with E-state index >= 15 is 0 Å². The Morgan fingerprint density at radius 3 is 2.95 bits per heavy atom. The van der Waals surface area contributed by atoms with Gasteiger partial charge in [0.2, 0.25) is 11.7 Å². The van der Waals surface area contributed by atoms with E-state index in [2.05, 4.69) is 15.4 Å². The van der Waals surface area contributed by atoms with Gasteiger partial charge in [0.05, 0.1) is 19.4 Å². The Balaban J connectivity index is 1.37. The van der Waals surface area contributed by atoms with Crippen LogP contribution in [0.4, 0.5) is 0 Å². The molecule has 4 rings (SSSR count). The van der Waals surface area contributed by atoms with Crippen LogP contribution in [0.1, 0.15) is 12.8 Å². The second-order valence-corrected chi connectivity index (χ2v) is 5.75. The molecular weight excluding hydrogens is 274 g/mol. The predicted molar refractivity (Wildman–Crippen MR) is 69.8 cm³/mol. The molecule has 0 atom stereocenters. The summed E-state index contributed by atoms with van der Waals surface area (Å²) in [5.74, 6) is 1.13. The maximum Gasteiger partial charge on any atom is 0.246 e. The van der Waals surface area contributed by atoms with Crippen molar-refractivity contribution in [2.45, 2.75) is 25.0 Å². The predicted octanol–water partition coefficient (Wildman–Crippen LogP) is -0.0836. The number of carbonyl (C=O) groups excluding carboxylic acids is 1. The van der Waals surface area contributed by atoms with Crippen LogP contribution >= 0.6 is 0 Å². The van der Waals surface area contributed by atoms with E-state index in [0.29, 0.717) is 30.6 Å². The number of amides is 1. The number of hydrogen-bond acceptors (Lipinski definition) is 6. The highest BCUT2D eigenvalue weighted by Crippen LogP contribution is 2.44. The molecule has 2 aromatic rings. The van der Waals surface area contributed by atoms with E-state index in [9.17, 15) is 9.90 Å². The number of furan rings is 1. The molecule has 1 N–H and O–H groups in total. The Morgan fingerprint density at radius 1 is 1.48 bits per heavy atom. The van der Waals surface area contributed by atoms with Crippen LogP contribution in [-0.2, 0) is 11.3 Å². The first kappa shape index (κ1) is 12.5. The van der Waals surface area contributed by atoms with Gasteiger partial charge in [-0.15, -0.1) is 10.2 Å². The van der Waals surface area contributed by atoms with Gasteiger partial charge in [0.1, 0.15) is 12.1 Å². The summed E-state index contributed by atoms with van der Waals surface area (Å²) in [6, 6.07) is 3.47. The first-order valence-corrected chi connectivity index (χ1v) is 6.96. The lowest BCUT2D eigenvalue weighted by molar-refractivity contribution is -0.160. The maximum atomic E-state index is 12.1. The third kappa shape index (κ3) is 2.21. The Morgan fingerprint density at radius 2 is 2.29 bits per heavy atom. The molecule has 1 saturated carbocycles. The fourth-order valence-corrected chi connectivity index (χ4v) is 2.71. The van der Waals surface area contributed by atoms with Crippen molar-refractivity contribution in [3.05, 3.63) is 18.4 Å². The summed E-state index contributed by atoms with van der Waals surface area (Å²) in [5.41, 5.74) is -0.662. The number of nitrogens with zero attached hydrogens (tertiary/aromatic N) is 5. The molecule has 21 heavy (non-hydrogen) atoms. The van der Waals surface area contributed by atoms with Crippen molar-refractivity contribution >= 4 is 5.91 Å². The van der Waals surface area contributed by atoms with E-state index in [1.807, 2.05) is 0 Å². The van der Waals surface area contributed by atoms with Crippen LogP contribution in [0.5, 0.6) is 0 Å². The zero-order chi connectivity index (χ0) is 14.4. The number of rotatable bonds is 4. The fraction of sp³-hybridized carbons (Fsp3) is 0.538. The van der Waals surface area contributed by atoms with Crippen molar-refractivity contribution in [1.82, 2.24) is 25.1 Å². The minimum Gasteiger partial charge on any atom is -0.461 e. The first-order chi connectivity index (χ1) is 10.1. The van der Waals surface area contributed by atoms with E-state index in [1.165, 1.54) is 11.1 Å². The lowest BCUT2D eigenvalue weighted by Gasteiger charge is -2.46. The van der Waals surface area contributed by atoms with Crippen molar-refractivity contribution in [3.8, 4) is 11.6 Å². The van der Waals surface area contributed by atoms with Gasteiger partial charge in [-0.25, -0.2) is 0 Å². The Bertz CT molecular complexity index is 655. The van der Waals surface area contributed by atoms with Gasteiger partial charge in [-0.1, -0.05) is 0 Å². The van der Waals surface area contributed by atoms with Gasteiger partial charge in [0.25, 0.3) is 0 Å². The van der Waals surface area contributed by atoms with E-state index in [-0.39, 0.29) is 12.5 Å². The topological polar surface area (TPSA) is 97.3 Å². The zero-order valence-electron chi connectivity index (χ0n) is 11.3. The molecule has 1 saturated heterocycles. The summed E-state index contributed by atoms with van der Waals surface area (Å²) < 4.78 is 5.17. The molecular formula is C13H15N5O3. The molecule has 8 heteroatoms. The van der Waals surface area contributed by atoms with Gasteiger partial charge in [-0.2, -0.15) is 4.80 Å². The lowest BCUT2D eigenvalue weighted by atomic mass is 9.89. The summed E-state index contributed by atoms with van der Waals surface area (Å²) in [5, 5.41) is 22.0. The molecule has 0 bridgehead atoms. The van der Waals surface area contributed by atoms with Crippen LogP contribution in [0.2, 0.25) is 0 Å². The van der Waals surface area contributed by atoms with E-state index in [4.69, 9.17) is 4.42 Å². The Kier molecular flexibility index (Phi) is 2.61. The van der Waals surface area contributed by atoms with Crippen molar-refractivity contribution in [1.29, 1.82) is 0 Å². The van der Waals surface area contributed by atoms with Crippen molar-refractivity contribution in [2.75, 3.05) is 13.1 Å². The standard InChI is InChI=1S/C13H15N5O3/c19-11(17-7-13(20,8-17)9-3-4-9)6-18-15-12(14-16-18)10-2-1-5-21-10/h1-2,5,9,20H,3-4,6-8H2. The second-order valence-electron chi connectivity index (χ2n) is 5.75. The number of tetrazole rings is 1. The van der Waals surface area contributed by atoms with Gasteiger partial charge < -0.3 is 14.4 Å².